The molecular formula is C26H21Cl2N3O4S. The number of amides is 2. The Hall–Kier alpha value is -3.46. The Morgan fingerprint density at radius 1 is 1.14 bits per heavy atom. The largest absolute Gasteiger partial charge is 0.493 e. The van der Waals surface area contributed by atoms with E-state index in [1.54, 1.807) is 48.5 Å². The summed E-state index contributed by atoms with van der Waals surface area (Å²) in [7, 11) is 1.47. The number of carbonyl (C=O) groups is 2. The standard InChI is InChI=1S/C26H21Cl2N3O4S/c1-15-4-3-5-19(10-15)29-23(32)14-35-24-20(28)11-16(12-21(24)34-2)13-22-25(33)31-26(36-22)30-18-8-6-17(27)7-9-18/h3-13H,14H2,1-2H3,(H,29,32)(H,30,31,33)/b22-13-. The summed E-state index contributed by atoms with van der Waals surface area (Å²) in [5.41, 5.74) is 3.00. The maximum Gasteiger partial charge on any atom is 0.264 e. The number of nitrogens with one attached hydrogen (secondary N) is 2. The molecule has 1 heterocycles. The molecular weight excluding hydrogens is 521 g/mol. The Kier molecular flexibility index (Phi) is 8.20. The van der Waals surface area contributed by atoms with Gasteiger partial charge in [0.15, 0.2) is 23.3 Å². The highest BCUT2D eigenvalue weighted by Crippen LogP contribution is 2.38. The number of methoxy groups -OCH3 is 1. The van der Waals surface area contributed by atoms with Crippen molar-refractivity contribution in [3.63, 3.8) is 0 Å². The van der Waals surface area contributed by atoms with E-state index >= 15 is 0 Å². The molecule has 7 nitrogen and oxygen atoms in total. The smallest absolute Gasteiger partial charge is 0.264 e. The number of aryl methyl sites for hydroxylation is 1. The normalized spacial score (nSPS) is 15.2. The highest BCUT2D eigenvalue weighted by molar-refractivity contribution is 8.18. The van der Waals surface area contributed by atoms with E-state index in [-0.39, 0.29) is 29.2 Å². The van der Waals surface area contributed by atoms with Gasteiger partial charge in [-0.05, 0) is 84.4 Å². The Bertz CT molecular complexity index is 1370. The van der Waals surface area contributed by atoms with E-state index in [0.29, 0.717) is 37.8 Å². The summed E-state index contributed by atoms with van der Waals surface area (Å²) in [6.45, 7) is 1.68. The molecule has 0 aliphatic carbocycles. The zero-order chi connectivity index (χ0) is 25.7. The summed E-state index contributed by atoms with van der Waals surface area (Å²) >= 11 is 13.5. The summed E-state index contributed by atoms with van der Waals surface area (Å²) in [6.07, 6.45) is 1.67. The number of carbonyl (C=O) groups excluding carboxylic acids is 2. The number of amidine groups is 1. The van der Waals surface area contributed by atoms with Crippen molar-refractivity contribution in [3.8, 4) is 11.5 Å². The van der Waals surface area contributed by atoms with E-state index in [4.69, 9.17) is 32.7 Å². The molecule has 2 N–H and O–H groups in total. The maximum absolute atomic E-state index is 12.5. The van der Waals surface area contributed by atoms with E-state index in [2.05, 4.69) is 15.6 Å². The molecule has 1 aliphatic heterocycles. The molecule has 0 spiro atoms. The minimum Gasteiger partial charge on any atom is -0.493 e. The van der Waals surface area contributed by atoms with E-state index in [1.165, 1.54) is 18.9 Å². The third-order valence-corrected chi connectivity index (χ3v) is 6.35. The number of rotatable bonds is 7. The number of thioether (sulfide) groups is 1. The quantitative estimate of drug-likeness (QED) is 0.346. The molecule has 0 aromatic heterocycles. The van der Waals surface area contributed by atoms with E-state index in [0.717, 1.165) is 5.56 Å². The number of ether oxygens (including phenoxy) is 2. The summed E-state index contributed by atoms with van der Waals surface area (Å²) in [5, 5.41) is 6.81. The van der Waals surface area contributed by atoms with Gasteiger partial charge in [0.1, 0.15) is 0 Å². The Labute approximate surface area is 222 Å². The van der Waals surface area contributed by atoms with Crippen LogP contribution in [0.1, 0.15) is 11.1 Å². The fourth-order valence-electron chi connectivity index (χ4n) is 3.29. The van der Waals surface area contributed by atoms with Crippen LogP contribution in [0.15, 0.2) is 70.6 Å². The molecule has 184 valence electrons. The minimum absolute atomic E-state index is 0.231. The molecule has 1 saturated heterocycles. The third kappa shape index (κ3) is 6.60. The van der Waals surface area contributed by atoms with Crippen molar-refractivity contribution in [1.29, 1.82) is 0 Å². The second-order valence-electron chi connectivity index (χ2n) is 7.70. The molecule has 3 aromatic rings. The highest BCUT2D eigenvalue weighted by Gasteiger charge is 2.24. The van der Waals surface area contributed by atoms with Gasteiger partial charge in [-0.25, -0.2) is 4.99 Å². The lowest BCUT2D eigenvalue weighted by atomic mass is 10.2. The van der Waals surface area contributed by atoms with Crippen molar-refractivity contribution in [1.82, 2.24) is 5.32 Å². The number of aliphatic imine (C=N–C) groups is 1. The average Bonchev–Trinajstić information content (AvgIpc) is 3.17. The lowest BCUT2D eigenvalue weighted by Gasteiger charge is -2.13. The fourth-order valence-corrected chi connectivity index (χ4v) is 4.53. The Balaban J connectivity index is 1.46. The second-order valence-corrected chi connectivity index (χ2v) is 9.57. The van der Waals surface area contributed by atoms with Crippen LogP contribution < -0.4 is 20.1 Å². The van der Waals surface area contributed by atoms with Crippen LogP contribution in [0.3, 0.4) is 0 Å². The first-order chi connectivity index (χ1) is 17.3. The predicted molar refractivity (Wildman–Crippen MR) is 146 cm³/mol. The van der Waals surface area contributed by atoms with Crippen LogP contribution in [0.2, 0.25) is 10.0 Å². The van der Waals surface area contributed by atoms with E-state index in [1.807, 2.05) is 25.1 Å². The van der Waals surface area contributed by atoms with Crippen LogP contribution in [-0.2, 0) is 9.59 Å². The van der Waals surface area contributed by atoms with Gasteiger partial charge in [-0.15, -0.1) is 0 Å². The summed E-state index contributed by atoms with van der Waals surface area (Å²) in [6, 6.07) is 17.7. The van der Waals surface area contributed by atoms with Crippen LogP contribution >= 0.6 is 35.0 Å². The van der Waals surface area contributed by atoms with Crippen molar-refractivity contribution in [2.45, 2.75) is 6.92 Å². The second kappa shape index (κ2) is 11.5. The molecule has 0 saturated carbocycles. The van der Waals surface area contributed by atoms with Crippen LogP contribution in [0.25, 0.3) is 6.08 Å². The first-order valence-corrected chi connectivity index (χ1v) is 12.3. The predicted octanol–water partition coefficient (Wildman–Crippen LogP) is 6.22. The van der Waals surface area contributed by atoms with Gasteiger partial charge in [0.25, 0.3) is 11.8 Å². The SMILES string of the molecule is COc1cc(/C=C2\SC(=Nc3ccc(Cl)cc3)NC2=O)cc(Cl)c1OCC(=O)Nc1cccc(C)c1. The van der Waals surface area contributed by atoms with Gasteiger partial charge >= 0.3 is 0 Å². The fraction of sp³-hybridized carbons (Fsp3) is 0.115. The maximum atomic E-state index is 12.5. The zero-order valence-corrected chi connectivity index (χ0v) is 21.6. The average molecular weight is 542 g/mol. The van der Waals surface area contributed by atoms with Crippen LogP contribution in [-0.4, -0.2) is 30.7 Å². The van der Waals surface area contributed by atoms with Crippen LogP contribution in [0.4, 0.5) is 11.4 Å². The highest BCUT2D eigenvalue weighted by atomic mass is 35.5. The van der Waals surface area contributed by atoms with Gasteiger partial charge in [0.05, 0.1) is 22.7 Å². The zero-order valence-electron chi connectivity index (χ0n) is 19.3. The molecule has 0 radical (unpaired) electrons. The Morgan fingerprint density at radius 3 is 2.64 bits per heavy atom. The van der Waals surface area contributed by atoms with Gasteiger partial charge in [0.2, 0.25) is 0 Å². The first-order valence-electron chi connectivity index (χ1n) is 10.7. The molecule has 0 atom stereocenters. The lowest BCUT2D eigenvalue weighted by Crippen LogP contribution is -2.20. The minimum atomic E-state index is -0.337. The van der Waals surface area contributed by atoms with E-state index in [9.17, 15) is 9.59 Å². The lowest BCUT2D eigenvalue weighted by molar-refractivity contribution is -0.118. The molecule has 1 aliphatic rings. The summed E-state index contributed by atoms with van der Waals surface area (Å²) in [5.74, 6) is -0.0576. The molecule has 3 aromatic carbocycles. The molecule has 0 bridgehead atoms. The Morgan fingerprint density at radius 2 is 1.92 bits per heavy atom. The van der Waals surface area contributed by atoms with Crippen LogP contribution in [0.5, 0.6) is 11.5 Å². The molecule has 4 rings (SSSR count). The number of halogens is 2. The molecule has 2 amide bonds. The number of anilines is 1. The van der Waals surface area contributed by atoms with Crippen LogP contribution in [0, 0.1) is 6.92 Å². The van der Waals surface area contributed by atoms with Gasteiger partial charge in [-0.2, -0.15) is 0 Å². The van der Waals surface area contributed by atoms with Crippen molar-refractivity contribution in [2.24, 2.45) is 4.99 Å². The van der Waals surface area contributed by atoms with Gasteiger partial charge < -0.3 is 20.1 Å². The van der Waals surface area contributed by atoms with Gasteiger partial charge in [0, 0.05) is 10.7 Å². The third-order valence-electron chi connectivity index (χ3n) is 4.91. The molecule has 1 fully saturated rings. The summed E-state index contributed by atoms with van der Waals surface area (Å²) < 4.78 is 11.1. The molecule has 10 heteroatoms. The molecule has 0 unspecified atom stereocenters. The number of hydrogen-bond donors (Lipinski definition) is 2. The van der Waals surface area contributed by atoms with Gasteiger partial charge in [-0.1, -0.05) is 35.3 Å². The molecule has 36 heavy (non-hydrogen) atoms. The van der Waals surface area contributed by atoms with E-state index < -0.39 is 0 Å². The summed E-state index contributed by atoms with van der Waals surface area (Å²) in [4.78, 5) is 29.6. The number of benzene rings is 3. The number of nitrogens with zero attached hydrogens (tertiary/aromatic N) is 1. The van der Waals surface area contributed by atoms with Crippen molar-refractivity contribution in [2.75, 3.05) is 19.0 Å². The number of hydrogen-bond acceptors (Lipinski definition) is 6. The van der Waals surface area contributed by atoms with Crippen molar-refractivity contribution < 1.29 is 19.1 Å². The topological polar surface area (TPSA) is 89.0 Å². The monoisotopic (exact) mass is 541 g/mol. The first kappa shape index (κ1) is 25.6. The van der Waals surface area contributed by atoms with Gasteiger partial charge in [-0.3, -0.25) is 9.59 Å². The van der Waals surface area contributed by atoms with Crippen molar-refractivity contribution >= 4 is 69.4 Å². The van der Waals surface area contributed by atoms with Crippen molar-refractivity contribution in [3.05, 3.63) is 86.7 Å².